The first-order chi connectivity index (χ1) is 13.2. The van der Waals surface area contributed by atoms with E-state index in [2.05, 4.69) is 17.1 Å². The zero-order chi connectivity index (χ0) is 19.1. The number of ether oxygens (including phenoxy) is 1. The van der Waals surface area contributed by atoms with Crippen molar-refractivity contribution in [1.29, 1.82) is 0 Å². The van der Waals surface area contributed by atoms with Crippen LogP contribution in [0.1, 0.15) is 37.5 Å². The third kappa shape index (κ3) is 5.01. The Hall–Kier alpha value is -2.54. The van der Waals surface area contributed by atoms with Crippen LogP contribution in [0, 0.1) is 0 Å². The average Bonchev–Trinajstić information content (AvgIpc) is 3.31. The lowest BCUT2D eigenvalue weighted by Crippen LogP contribution is -2.31. The predicted octanol–water partition coefficient (Wildman–Crippen LogP) is 4.31. The number of rotatable bonds is 8. The van der Waals surface area contributed by atoms with Crippen molar-refractivity contribution in [1.82, 2.24) is 4.90 Å². The third-order valence-electron chi connectivity index (χ3n) is 4.21. The van der Waals surface area contributed by atoms with E-state index < -0.39 is 0 Å². The maximum atomic E-state index is 12.9. The molecule has 1 aliphatic heterocycles. The molecule has 0 spiro atoms. The van der Waals surface area contributed by atoms with Gasteiger partial charge < -0.3 is 9.15 Å². The number of hydrogen-bond acceptors (Lipinski definition) is 6. The Bertz CT molecular complexity index is 800. The second-order valence-corrected chi connectivity index (χ2v) is 7.33. The van der Waals surface area contributed by atoms with E-state index in [9.17, 15) is 4.79 Å². The fourth-order valence-electron chi connectivity index (χ4n) is 2.72. The van der Waals surface area contributed by atoms with E-state index in [1.165, 1.54) is 11.8 Å². The van der Waals surface area contributed by atoms with Crippen molar-refractivity contribution < 1.29 is 13.9 Å². The number of carbonyl (C=O) groups excluding carboxylic acids is 1. The molecule has 7 heteroatoms. The van der Waals surface area contributed by atoms with Gasteiger partial charge in [-0.15, -0.1) is 5.10 Å². The zero-order valence-electron chi connectivity index (χ0n) is 15.5. The molecule has 1 saturated heterocycles. The first-order valence-electron chi connectivity index (χ1n) is 8.96. The topological polar surface area (TPSA) is 67.4 Å². The average molecular weight is 385 g/mol. The summed E-state index contributed by atoms with van der Waals surface area (Å²) < 4.78 is 10.4. The van der Waals surface area contributed by atoms with Gasteiger partial charge in [-0.1, -0.05) is 43.7 Å². The minimum Gasteiger partial charge on any atom is -0.497 e. The van der Waals surface area contributed by atoms with Gasteiger partial charge in [0.1, 0.15) is 11.5 Å². The number of methoxy groups -OCH3 is 1. The van der Waals surface area contributed by atoms with Crippen molar-refractivity contribution in [2.24, 2.45) is 10.2 Å². The summed E-state index contributed by atoms with van der Waals surface area (Å²) in [6, 6.07) is 11.3. The molecule has 27 heavy (non-hydrogen) atoms. The van der Waals surface area contributed by atoms with Crippen LogP contribution in [0.4, 0.5) is 0 Å². The molecule has 3 rings (SSSR count). The number of furan rings is 1. The van der Waals surface area contributed by atoms with Crippen LogP contribution in [0.25, 0.3) is 0 Å². The van der Waals surface area contributed by atoms with Gasteiger partial charge in [-0.05, 0) is 36.2 Å². The molecule has 1 aromatic carbocycles. The van der Waals surface area contributed by atoms with Crippen LogP contribution in [0.2, 0.25) is 0 Å². The number of unbranched alkanes of at least 4 members (excludes halogenated alkanes) is 1. The lowest BCUT2D eigenvalue weighted by molar-refractivity contribution is -0.126. The molecule has 2 heterocycles. The first-order valence-corrected chi connectivity index (χ1v) is 9.84. The van der Waals surface area contributed by atoms with Crippen molar-refractivity contribution in [3.05, 3.63) is 54.0 Å². The van der Waals surface area contributed by atoms with Crippen LogP contribution in [-0.4, -0.2) is 34.5 Å². The predicted molar refractivity (Wildman–Crippen MR) is 108 cm³/mol. The van der Waals surface area contributed by atoms with E-state index in [4.69, 9.17) is 9.15 Å². The fourth-order valence-corrected chi connectivity index (χ4v) is 3.86. The third-order valence-corrected chi connectivity index (χ3v) is 5.45. The van der Waals surface area contributed by atoms with Crippen LogP contribution in [-0.2, 0) is 11.3 Å². The smallest absolute Gasteiger partial charge is 0.242 e. The lowest BCUT2D eigenvalue weighted by Gasteiger charge is -2.16. The SMILES string of the molecule is CCCCC1S/C(=N/N=C/c2ccco2)N(Cc2ccc(OC)cc2)C1=O. The molecule has 2 aromatic rings. The van der Waals surface area contributed by atoms with Gasteiger partial charge in [-0.25, -0.2) is 0 Å². The molecule has 6 nitrogen and oxygen atoms in total. The number of benzene rings is 1. The summed E-state index contributed by atoms with van der Waals surface area (Å²) in [6.07, 6.45) is 6.05. The van der Waals surface area contributed by atoms with Gasteiger partial charge in [0, 0.05) is 0 Å². The van der Waals surface area contributed by atoms with Crippen molar-refractivity contribution in [2.45, 2.75) is 38.0 Å². The summed E-state index contributed by atoms with van der Waals surface area (Å²) in [5, 5.41) is 8.91. The Labute approximate surface area is 163 Å². The largest absolute Gasteiger partial charge is 0.497 e. The van der Waals surface area contributed by atoms with Crippen LogP contribution in [0.3, 0.4) is 0 Å². The van der Waals surface area contributed by atoms with Crippen molar-refractivity contribution in [3.8, 4) is 5.75 Å². The van der Waals surface area contributed by atoms with Crippen molar-refractivity contribution in [3.63, 3.8) is 0 Å². The van der Waals surface area contributed by atoms with Crippen LogP contribution < -0.4 is 4.74 Å². The summed E-state index contributed by atoms with van der Waals surface area (Å²) in [7, 11) is 1.63. The van der Waals surface area contributed by atoms with E-state index in [1.807, 2.05) is 24.3 Å². The summed E-state index contributed by atoms with van der Waals surface area (Å²) in [5.41, 5.74) is 1.02. The van der Waals surface area contributed by atoms with E-state index in [0.717, 1.165) is 30.6 Å². The van der Waals surface area contributed by atoms with E-state index in [-0.39, 0.29) is 11.2 Å². The maximum absolute atomic E-state index is 12.9. The van der Waals surface area contributed by atoms with Gasteiger partial charge in [0.25, 0.3) is 0 Å². The monoisotopic (exact) mass is 385 g/mol. The van der Waals surface area contributed by atoms with Gasteiger partial charge in [0.05, 0.1) is 31.4 Å². The minimum absolute atomic E-state index is 0.0937. The van der Waals surface area contributed by atoms with Gasteiger partial charge in [0.15, 0.2) is 5.17 Å². The minimum atomic E-state index is -0.0965. The van der Waals surface area contributed by atoms with E-state index in [0.29, 0.717) is 17.5 Å². The molecule has 1 unspecified atom stereocenters. The molecular weight excluding hydrogens is 362 g/mol. The maximum Gasteiger partial charge on any atom is 0.242 e. The van der Waals surface area contributed by atoms with E-state index >= 15 is 0 Å². The quantitative estimate of drug-likeness (QED) is 0.501. The van der Waals surface area contributed by atoms with Gasteiger partial charge in [-0.2, -0.15) is 5.10 Å². The first kappa shape index (κ1) is 19.2. The molecule has 1 aliphatic rings. The van der Waals surface area contributed by atoms with Crippen LogP contribution in [0.5, 0.6) is 5.75 Å². The standard InChI is InChI=1S/C20H23N3O3S/c1-3-4-7-18-19(24)23(14-15-8-10-16(25-2)11-9-15)20(27-18)22-21-13-17-6-5-12-26-17/h5-6,8-13,18H,3-4,7,14H2,1-2H3/b21-13+,22-20+. The number of amides is 1. The Morgan fingerprint density at radius 1 is 1.30 bits per heavy atom. The number of nitrogens with zero attached hydrogens (tertiary/aromatic N) is 3. The highest BCUT2D eigenvalue weighted by Crippen LogP contribution is 2.32. The number of amidine groups is 1. The van der Waals surface area contributed by atoms with Crippen molar-refractivity contribution >= 4 is 29.1 Å². The molecule has 0 radical (unpaired) electrons. The Balaban J connectivity index is 1.77. The highest BCUT2D eigenvalue weighted by atomic mass is 32.2. The van der Waals surface area contributed by atoms with Crippen LogP contribution in [0.15, 0.2) is 57.3 Å². The summed E-state index contributed by atoms with van der Waals surface area (Å²) >= 11 is 1.49. The highest BCUT2D eigenvalue weighted by molar-refractivity contribution is 8.15. The second-order valence-electron chi connectivity index (χ2n) is 6.16. The van der Waals surface area contributed by atoms with E-state index in [1.54, 1.807) is 36.6 Å². The van der Waals surface area contributed by atoms with Gasteiger partial charge in [0.2, 0.25) is 5.91 Å². The fraction of sp³-hybridized carbons (Fsp3) is 0.350. The molecule has 0 saturated carbocycles. The Morgan fingerprint density at radius 2 is 2.11 bits per heavy atom. The zero-order valence-corrected chi connectivity index (χ0v) is 16.3. The lowest BCUT2D eigenvalue weighted by atomic mass is 10.1. The molecule has 0 bridgehead atoms. The van der Waals surface area contributed by atoms with Crippen LogP contribution >= 0.6 is 11.8 Å². The van der Waals surface area contributed by atoms with Crippen molar-refractivity contribution in [2.75, 3.05) is 7.11 Å². The molecule has 142 valence electrons. The number of hydrogen-bond donors (Lipinski definition) is 0. The second kappa shape index (κ2) is 9.41. The van der Waals surface area contributed by atoms with Gasteiger partial charge in [-0.3, -0.25) is 9.69 Å². The highest BCUT2D eigenvalue weighted by Gasteiger charge is 2.37. The van der Waals surface area contributed by atoms with Gasteiger partial charge >= 0.3 is 0 Å². The number of thioether (sulfide) groups is 1. The molecule has 1 aromatic heterocycles. The normalized spacial score (nSPS) is 18.7. The summed E-state index contributed by atoms with van der Waals surface area (Å²) in [4.78, 5) is 14.6. The molecule has 0 aliphatic carbocycles. The molecule has 0 N–H and O–H groups in total. The molecule has 1 amide bonds. The molecular formula is C20H23N3O3S. The Kier molecular flexibility index (Phi) is 6.70. The molecule has 1 atom stereocenters. The summed E-state index contributed by atoms with van der Waals surface area (Å²) in [5.74, 6) is 1.51. The summed E-state index contributed by atoms with van der Waals surface area (Å²) in [6.45, 7) is 2.59. The Morgan fingerprint density at radius 3 is 2.78 bits per heavy atom. The molecule has 1 fully saturated rings. The number of carbonyl (C=O) groups is 1.